The number of carbonyl (C=O) groups is 4. The fourth-order valence-corrected chi connectivity index (χ4v) is 9.29. The van der Waals surface area contributed by atoms with Gasteiger partial charge >= 0.3 is 12.2 Å². The van der Waals surface area contributed by atoms with Crippen molar-refractivity contribution in [3.05, 3.63) is 115 Å². The maximum absolute atomic E-state index is 14.3. The van der Waals surface area contributed by atoms with Gasteiger partial charge in [0.2, 0.25) is 5.91 Å². The number of H-pyrrole nitrogens is 2. The molecule has 66 heavy (non-hydrogen) atoms. The molecule has 0 radical (unpaired) electrons. The molecule has 3 fully saturated rings. The molecule has 3 aromatic heterocycles. The molecular formula is C50H55N9O7. The van der Waals surface area contributed by atoms with Crippen LogP contribution >= 0.6 is 0 Å². The predicted octanol–water partition coefficient (Wildman–Crippen LogP) is 8.04. The van der Waals surface area contributed by atoms with Crippen molar-refractivity contribution in [3.8, 4) is 33.6 Å². The summed E-state index contributed by atoms with van der Waals surface area (Å²) in [5, 5.41) is 6.54. The van der Waals surface area contributed by atoms with E-state index in [2.05, 4.69) is 69.1 Å². The lowest BCUT2D eigenvalue weighted by molar-refractivity contribution is -0.136. The molecule has 16 heteroatoms. The van der Waals surface area contributed by atoms with Gasteiger partial charge in [-0.25, -0.2) is 19.6 Å². The van der Waals surface area contributed by atoms with E-state index in [1.807, 2.05) is 61.5 Å². The van der Waals surface area contributed by atoms with Gasteiger partial charge < -0.3 is 44.6 Å². The number of aromatic nitrogens is 5. The molecule has 3 saturated heterocycles. The Hall–Kier alpha value is -7.07. The summed E-state index contributed by atoms with van der Waals surface area (Å²) in [6, 6.07) is 23.7. The first kappa shape index (κ1) is 44.1. The number of hydrogen-bond donors (Lipinski definition) is 4. The summed E-state index contributed by atoms with van der Waals surface area (Å²) in [6.45, 7) is 6.00. The maximum atomic E-state index is 14.3. The minimum atomic E-state index is -0.908. The minimum absolute atomic E-state index is 0.118. The van der Waals surface area contributed by atoms with Gasteiger partial charge in [-0.1, -0.05) is 80.6 Å². The fraction of sp³-hybridized carbons (Fsp3) is 0.380. The van der Waals surface area contributed by atoms with Crippen molar-refractivity contribution < 1.29 is 33.4 Å². The number of nitrogens with one attached hydrogen (secondary N) is 4. The third kappa shape index (κ3) is 9.50. The number of hydrogen-bond acceptors (Lipinski definition) is 10. The van der Waals surface area contributed by atoms with E-state index in [0.717, 1.165) is 70.2 Å². The van der Waals surface area contributed by atoms with E-state index >= 15 is 0 Å². The molecule has 6 aromatic rings. The van der Waals surface area contributed by atoms with E-state index in [4.69, 9.17) is 29.2 Å². The van der Waals surface area contributed by atoms with Crippen LogP contribution in [-0.2, 0) is 23.8 Å². The number of fused-ring (bicyclic) bond motifs is 1. The lowest BCUT2D eigenvalue weighted by Gasteiger charge is -2.29. The minimum Gasteiger partial charge on any atom is -0.453 e. The van der Waals surface area contributed by atoms with E-state index < -0.39 is 24.3 Å². The first-order valence-corrected chi connectivity index (χ1v) is 22.8. The van der Waals surface area contributed by atoms with Crippen LogP contribution in [0.2, 0.25) is 0 Å². The highest BCUT2D eigenvalue weighted by Gasteiger charge is 2.39. The molecule has 3 aliphatic rings. The van der Waals surface area contributed by atoms with Gasteiger partial charge in [-0.05, 0) is 66.0 Å². The van der Waals surface area contributed by atoms with Gasteiger partial charge in [0.1, 0.15) is 29.8 Å². The number of rotatable bonds is 12. The first-order valence-electron chi connectivity index (χ1n) is 22.8. The Balaban J connectivity index is 0.858. The maximum Gasteiger partial charge on any atom is 0.408 e. The Bertz CT molecular complexity index is 2680. The van der Waals surface area contributed by atoms with Gasteiger partial charge in [-0.15, -0.1) is 0 Å². The molecule has 6 heterocycles. The third-order valence-electron chi connectivity index (χ3n) is 12.9. The highest BCUT2D eigenvalue weighted by molar-refractivity contribution is 5.89. The second kappa shape index (κ2) is 19.6. The van der Waals surface area contributed by atoms with Crippen LogP contribution in [0.25, 0.3) is 44.5 Å². The van der Waals surface area contributed by atoms with Crippen LogP contribution in [0.3, 0.4) is 0 Å². The molecule has 0 aliphatic carbocycles. The van der Waals surface area contributed by atoms with Gasteiger partial charge in [0.25, 0.3) is 5.91 Å². The van der Waals surface area contributed by atoms with Gasteiger partial charge in [0.05, 0.1) is 55.5 Å². The number of carbonyl (C=O) groups excluding carboxylic acids is 4. The van der Waals surface area contributed by atoms with Crippen LogP contribution in [0.5, 0.6) is 0 Å². The number of ether oxygens (including phenoxy) is 3. The largest absolute Gasteiger partial charge is 0.453 e. The van der Waals surface area contributed by atoms with E-state index in [9.17, 15) is 19.2 Å². The van der Waals surface area contributed by atoms with Gasteiger partial charge in [-0.2, -0.15) is 0 Å². The second-order valence-corrected chi connectivity index (χ2v) is 17.5. The highest BCUT2D eigenvalue weighted by Crippen LogP contribution is 2.36. The smallest absolute Gasteiger partial charge is 0.408 e. The molecule has 1 unspecified atom stereocenters. The lowest BCUT2D eigenvalue weighted by atomic mass is 10.0. The summed E-state index contributed by atoms with van der Waals surface area (Å²) >= 11 is 0. The number of amides is 4. The Morgan fingerprint density at radius 3 is 2.17 bits per heavy atom. The van der Waals surface area contributed by atoms with Crippen molar-refractivity contribution in [1.82, 2.24) is 45.4 Å². The Kier molecular flexibility index (Phi) is 13.1. The number of benzene rings is 3. The average Bonchev–Trinajstić information content (AvgIpc) is 4.20. The van der Waals surface area contributed by atoms with E-state index in [-0.39, 0.29) is 35.9 Å². The summed E-state index contributed by atoms with van der Waals surface area (Å²) in [5.41, 5.74) is 6.96. The predicted molar refractivity (Wildman–Crippen MR) is 247 cm³/mol. The van der Waals surface area contributed by atoms with Gasteiger partial charge in [0, 0.05) is 49.3 Å². The van der Waals surface area contributed by atoms with Crippen molar-refractivity contribution in [1.29, 1.82) is 0 Å². The number of nitrogens with zero attached hydrogens (tertiary/aromatic N) is 5. The fourth-order valence-electron chi connectivity index (χ4n) is 9.29. The highest BCUT2D eigenvalue weighted by atomic mass is 16.6. The van der Waals surface area contributed by atoms with Crippen LogP contribution in [0.15, 0.2) is 97.5 Å². The number of aromatic amines is 2. The molecule has 16 nitrogen and oxygen atoms in total. The zero-order valence-corrected chi connectivity index (χ0v) is 37.4. The summed E-state index contributed by atoms with van der Waals surface area (Å²) in [5.74, 6) is 0.916. The van der Waals surface area contributed by atoms with Gasteiger partial charge in [-0.3, -0.25) is 14.6 Å². The van der Waals surface area contributed by atoms with Crippen molar-refractivity contribution in [3.63, 3.8) is 0 Å². The summed E-state index contributed by atoms with van der Waals surface area (Å²) < 4.78 is 15.9. The molecule has 9 rings (SSSR count). The molecule has 0 saturated carbocycles. The molecule has 3 aromatic carbocycles. The zero-order valence-electron chi connectivity index (χ0n) is 37.4. The van der Waals surface area contributed by atoms with E-state index in [1.54, 1.807) is 11.1 Å². The van der Waals surface area contributed by atoms with E-state index in [1.165, 1.54) is 7.11 Å². The molecular weight excluding hydrogens is 839 g/mol. The quantitative estimate of drug-likeness (QED) is 0.0934. The number of likely N-dealkylation sites (tertiary alicyclic amines) is 2. The summed E-state index contributed by atoms with van der Waals surface area (Å²) in [4.78, 5) is 77.9. The van der Waals surface area contributed by atoms with Crippen LogP contribution in [0.1, 0.15) is 87.7 Å². The Morgan fingerprint density at radius 1 is 0.742 bits per heavy atom. The van der Waals surface area contributed by atoms with Crippen molar-refractivity contribution >= 4 is 34.9 Å². The molecule has 0 spiro atoms. The SMILES string of the molecule is COC(=O)N[C@H](C(=O)N1CCCC1c1nc(-c2cnc3cc(-c4ccc(-c5cnc([C@@H]6CCCN6C(=O)[C@H](NC(=O)OC6CCOCC6)c6ccccc6)[nH]5)cc4)ccc3c2)c[nH]1)C(C)C. The Labute approximate surface area is 382 Å². The van der Waals surface area contributed by atoms with Crippen molar-refractivity contribution in [2.75, 3.05) is 33.4 Å². The summed E-state index contributed by atoms with van der Waals surface area (Å²) in [6.07, 6.45) is 8.38. The van der Waals surface area contributed by atoms with E-state index in [0.29, 0.717) is 56.4 Å². The van der Waals surface area contributed by atoms with Gasteiger partial charge in [0.15, 0.2) is 0 Å². The van der Waals surface area contributed by atoms with Crippen LogP contribution in [0, 0.1) is 5.92 Å². The molecule has 4 atom stereocenters. The number of alkyl carbamates (subject to hydrolysis) is 2. The second-order valence-electron chi connectivity index (χ2n) is 17.5. The number of methoxy groups -OCH3 is 1. The molecule has 3 aliphatic heterocycles. The van der Waals surface area contributed by atoms with Crippen LogP contribution in [-0.4, -0.2) is 104 Å². The standard InChI is InChI=1S/C50H55N9O7/c1-30(2)43(56-49(62)64-3)47(60)58-21-7-11-41(58)46-53-29-40(55-46)36-25-35-18-17-34(26-38(35)51-27-36)31-13-15-32(16-14-31)39-28-52-45(54-39)42-12-8-22-59(42)48(61)44(33-9-5-4-6-10-33)57-50(63)66-37-19-23-65-24-20-37/h4-6,9-10,13-18,25-30,37,41-44H,7-8,11-12,19-24H2,1-3H3,(H,52,54)(H,53,55)(H,56,62)(H,57,63)/t41?,42-,43-,44+/m0/s1. The molecule has 342 valence electrons. The van der Waals surface area contributed by atoms with Crippen LogP contribution < -0.4 is 10.6 Å². The molecule has 4 amide bonds. The molecule has 4 N–H and O–H groups in total. The van der Waals surface area contributed by atoms with Crippen LogP contribution in [0.4, 0.5) is 9.59 Å². The topological polar surface area (TPSA) is 197 Å². The normalized spacial score (nSPS) is 18.6. The van der Waals surface area contributed by atoms with Crippen molar-refractivity contribution in [2.45, 2.75) is 82.6 Å². The number of pyridine rings is 1. The van der Waals surface area contributed by atoms with Crippen molar-refractivity contribution in [2.24, 2.45) is 5.92 Å². The first-order chi connectivity index (χ1) is 32.1. The lowest BCUT2D eigenvalue weighted by Crippen LogP contribution is -2.51. The Morgan fingerprint density at radius 2 is 1.44 bits per heavy atom. The summed E-state index contributed by atoms with van der Waals surface area (Å²) in [7, 11) is 1.29. The zero-order chi connectivity index (χ0) is 45.7. The monoisotopic (exact) mass is 893 g/mol. The molecule has 0 bridgehead atoms. The number of imidazole rings is 2. The average molecular weight is 894 g/mol. The third-order valence-corrected chi connectivity index (χ3v) is 12.9.